The number of nitrogens with zero attached hydrogens (tertiary/aromatic N) is 1. The number of halogens is 1. The summed E-state index contributed by atoms with van der Waals surface area (Å²) in [6.45, 7) is 7.03. The van der Waals surface area contributed by atoms with Gasteiger partial charge in [-0.1, -0.05) is 41.8 Å². The van der Waals surface area contributed by atoms with Crippen LogP contribution in [0.15, 0.2) is 11.1 Å². The van der Waals surface area contributed by atoms with Gasteiger partial charge in [0.15, 0.2) is 0 Å². The van der Waals surface area contributed by atoms with Crippen LogP contribution in [-0.2, 0) is 0 Å². The zero-order valence-electron chi connectivity index (χ0n) is 9.97. The predicted octanol–water partition coefficient (Wildman–Crippen LogP) is 3.26. The number of rotatable bonds is 4. The Morgan fingerprint density at radius 1 is 1.44 bits per heavy atom. The van der Waals surface area contributed by atoms with Gasteiger partial charge in [-0.05, 0) is 19.8 Å². The van der Waals surface area contributed by atoms with E-state index in [2.05, 4.69) is 27.8 Å². The molecule has 1 N–H and O–H groups in total. The lowest BCUT2D eigenvalue weighted by Gasteiger charge is -2.33. The number of carbonyl (C=O) groups excluding carboxylic acids is 1. The number of carbonyl (C=O) groups is 1. The number of amides is 2. The van der Waals surface area contributed by atoms with Gasteiger partial charge < -0.3 is 10.2 Å². The lowest BCUT2D eigenvalue weighted by molar-refractivity contribution is 0.160. The van der Waals surface area contributed by atoms with Crippen LogP contribution in [-0.4, -0.2) is 30.1 Å². The highest BCUT2D eigenvalue weighted by Gasteiger charge is 2.23. The number of hydrogen-bond acceptors (Lipinski definition) is 1. The molecule has 1 aliphatic carbocycles. The first-order valence-electron chi connectivity index (χ1n) is 6.03. The van der Waals surface area contributed by atoms with Crippen molar-refractivity contribution in [2.24, 2.45) is 0 Å². The maximum atomic E-state index is 11.9. The van der Waals surface area contributed by atoms with E-state index in [9.17, 15) is 4.79 Å². The van der Waals surface area contributed by atoms with E-state index < -0.39 is 0 Å². The fraction of sp³-hybridized carbons (Fsp3) is 0.750. The molecule has 92 valence electrons. The minimum Gasteiger partial charge on any atom is -0.333 e. The average Bonchev–Trinajstić information content (AvgIpc) is 2.29. The largest absolute Gasteiger partial charge is 0.333 e. The van der Waals surface area contributed by atoms with Crippen LogP contribution >= 0.6 is 15.9 Å². The molecule has 0 spiro atoms. The SMILES string of the molecule is C=C(Br)CNC(=O)N(CC)C1CCCCC1. The molecule has 0 atom stereocenters. The molecule has 3 nitrogen and oxygen atoms in total. The van der Waals surface area contributed by atoms with Crippen LogP contribution in [0.2, 0.25) is 0 Å². The fourth-order valence-electron chi connectivity index (χ4n) is 2.23. The summed E-state index contributed by atoms with van der Waals surface area (Å²) >= 11 is 3.24. The lowest BCUT2D eigenvalue weighted by Crippen LogP contribution is -2.47. The summed E-state index contributed by atoms with van der Waals surface area (Å²) in [4.78, 5) is 13.9. The Bertz CT molecular complexity index is 249. The Balaban J connectivity index is 2.44. The van der Waals surface area contributed by atoms with Gasteiger partial charge in [0.25, 0.3) is 0 Å². The molecule has 16 heavy (non-hydrogen) atoms. The highest BCUT2D eigenvalue weighted by atomic mass is 79.9. The van der Waals surface area contributed by atoms with Crippen molar-refractivity contribution in [1.82, 2.24) is 10.2 Å². The molecule has 0 unspecified atom stereocenters. The van der Waals surface area contributed by atoms with Gasteiger partial charge in [-0.25, -0.2) is 4.79 Å². The highest BCUT2D eigenvalue weighted by molar-refractivity contribution is 9.11. The van der Waals surface area contributed by atoms with Crippen molar-refractivity contribution in [1.29, 1.82) is 0 Å². The third-order valence-corrected chi connectivity index (χ3v) is 3.33. The number of nitrogens with one attached hydrogen (secondary N) is 1. The molecule has 1 aliphatic rings. The zero-order chi connectivity index (χ0) is 12.0. The molecule has 1 fully saturated rings. The third kappa shape index (κ3) is 4.16. The van der Waals surface area contributed by atoms with Gasteiger partial charge in [-0.3, -0.25) is 0 Å². The molecular weight excluding hydrogens is 268 g/mol. The molecule has 0 aliphatic heterocycles. The first-order valence-corrected chi connectivity index (χ1v) is 6.82. The van der Waals surface area contributed by atoms with Crippen molar-refractivity contribution in [3.05, 3.63) is 11.1 Å². The topological polar surface area (TPSA) is 32.3 Å². The van der Waals surface area contributed by atoms with Crippen LogP contribution in [0.25, 0.3) is 0 Å². The predicted molar refractivity (Wildman–Crippen MR) is 70.7 cm³/mol. The summed E-state index contributed by atoms with van der Waals surface area (Å²) in [6, 6.07) is 0.470. The summed E-state index contributed by atoms with van der Waals surface area (Å²) in [6.07, 6.45) is 6.11. The minimum atomic E-state index is 0.0370. The zero-order valence-corrected chi connectivity index (χ0v) is 11.6. The Hall–Kier alpha value is -0.510. The van der Waals surface area contributed by atoms with Crippen LogP contribution in [0, 0.1) is 0 Å². The first kappa shape index (κ1) is 13.6. The Morgan fingerprint density at radius 3 is 2.56 bits per heavy atom. The second-order valence-corrected chi connectivity index (χ2v) is 5.38. The molecule has 2 amide bonds. The van der Waals surface area contributed by atoms with E-state index in [4.69, 9.17) is 0 Å². The second-order valence-electron chi connectivity index (χ2n) is 4.25. The van der Waals surface area contributed by atoms with E-state index >= 15 is 0 Å². The average molecular weight is 289 g/mol. The van der Waals surface area contributed by atoms with Crippen LogP contribution in [0.1, 0.15) is 39.0 Å². The molecule has 0 aromatic heterocycles. The van der Waals surface area contributed by atoms with Gasteiger partial charge in [0.2, 0.25) is 0 Å². The molecule has 0 saturated heterocycles. The molecule has 0 bridgehead atoms. The first-order chi connectivity index (χ1) is 7.65. The van der Waals surface area contributed by atoms with Gasteiger partial charge in [0.1, 0.15) is 0 Å². The third-order valence-electron chi connectivity index (χ3n) is 3.05. The van der Waals surface area contributed by atoms with Gasteiger partial charge in [0.05, 0.1) is 6.54 Å². The van der Waals surface area contributed by atoms with Crippen LogP contribution in [0.4, 0.5) is 4.79 Å². The molecule has 0 aromatic carbocycles. The van der Waals surface area contributed by atoms with Crippen molar-refractivity contribution in [3.63, 3.8) is 0 Å². The molecule has 4 heteroatoms. The number of urea groups is 1. The highest BCUT2D eigenvalue weighted by Crippen LogP contribution is 2.22. The summed E-state index contributed by atoms with van der Waals surface area (Å²) < 4.78 is 0.806. The molecular formula is C12H21BrN2O. The van der Waals surface area contributed by atoms with Gasteiger partial charge in [0, 0.05) is 17.1 Å². The van der Waals surface area contributed by atoms with Crippen LogP contribution < -0.4 is 5.32 Å². The monoisotopic (exact) mass is 288 g/mol. The number of hydrogen-bond donors (Lipinski definition) is 1. The van der Waals surface area contributed by atoms with Crippen molar-refractivity contribution < 1.29 is 4.79 Å². The maximum Gasteiger partial charge on any atom is 0.317 e. The Morgan fingerprint density at radius 2 is 2.06 bits per heavy atom. The fourth-order valence-corrected chi connectivity index (χ4v) is 2.37. The maximum absolute atomic E-state index is 11.9. The molecule has 0 aromatic rings. The molecule has 0 heterocycles. The Kier molecular flexibility index (Phi) is 5.88. The van der Waals surface area contributed by atoms with Gasteiger partial charge in [-0.15, -0.1) is 0 Å². The minimum absolute atomic E-state index is 0.0370. The summed E-state index contributed by atoms with van der Waals surface area (Å²) in [5.41, 5.74) is 0. The van der Waals surface area contributed by atoms with E-state index in [0.717, 1.165) is 23.9 Å². The van der Waals surface area contributed by atoms with Gasteiger partial charge >= 0.3 is 6.03 Å². The van der Waals surface area contributed by atoms with Crippen molar-refractivity contribution in [3.8, 4) is 0 Å². The van der Waals surface area contributed by atoms with Crippen LogP contribution in [0.3, 0.4) is 0 Å². The van der Waals surface area contributed by atoms with E-state index in [1.165, 1.54) is 19.3 Å². The van der Waals surface area contributed by atoms with Crippen molar-refractivity contribution in [2.45, 2.75) is 45.1 Å². The van der Waals surface area contributed by atoms with Gasteiger partial charge in [-0.2, -0.15) is 0 Å². The standard InChI is InChI=1S/C12H21BrN2O/c1-3-15(11-7-5-4-6-8-11)12(16)14-9-10(2)13/h11H,2-9H2,1H3,(H,14,16). The summed E-state index contributed by atoms with van der Waals surface area (Å²) in [7, 11) is 0. The summed E-state index contributed by atoms with van der Waals surface area (Å²) in [5.74, 6) is 0. The van der Waals surface area contributed by atoms with E-state index in [-0.39, 0.29) is 6.03 Å². The van der Waals surface area contributed by atoms with E-state index in [1.807, 2.05) is 11.8 Å². The van der Waals surface area contributed by atoms with E-state index in [0.29, 0.717) is 12.6 Å². The normalized spacial score (nSPS) is 16.9. The quantitative estimate of drug-likeness (QED) is 0.846. The second kappa shape index (κ2) is 6.94. The van der Waals surface area contributed by atoms with E-state index in [1.54, 1.807) is 0 Å². The van der Waals surface area contributed by atoms with Crippen molar-refractivity contribution >= 4 is 22.0 Å². The molecule has 1 rings (SSSR count). The smallest absolute Gasteiger partial charge is 0.317 e. The Labute approximate surface area is 106 Å². The molecule has 0 radical (unpaired) electrons. The lowest BCUT2D eigenvalue weighted by atomic mass is 9.94. The molecule has 1 saturated carbocycles. The van der Waals surface area contributed by atoms with Crippen LogP contribution in [0.5, 0.6) is 0 Å². The summed E-state index contributed by atoms with van der Waals surface area (Å²) in [5, 5.41) is 2.87. The van der Waals surface area contributed by atoms with Crippen molar-refractivity contribution in [2.75, 3.05) is 13.1 Å².